The Morgan fingerprint density at radius 1 is 1.06 bits per heavy atom. The van der Waals surface area contributed by atoms with Gasteiger partial charge < -0.3 is 10.2 Å². The van der Waals surface area contributed by atoms with Crippen LogP contribution >= 0.6 is 0 Å². The summed E-state index contributed by atoms with van der Waals surface area (Å²) in [4.78, 5) is 32.9. The summed E-state index contributed by atoms with van der Waals surface area (Å²) in [6.07, 6.45) is 0.940. The summed E-state index contributed by atoms with van der Waals surface area (Å²) in [6, 6.07) is 22.1. The minimum atomic E-state index is -0.460. The second-order valence-electron chi connectivity index (χ2n) is 8.23. The third-order valence-electron chi connectivity index (χ3n) is 5.95. The maximum atomic E-state index is 13.5. The van der Waals surface area contributed by atoms with Crippen LogP contribution in [0.5, 0.6) is 0 Å². The number of aryl methyl sites for hydroxylation is 2. The Balaban J connectivity index is 1.74. The Hall–Kier alpha value is -3.93. The van der Waals surface area contributed by atoms with Crippen molar-refractivity contribution in [1.29, 1.82) is 0 Å². The molecule has 168 valence electrons. The van der Waals surface area contributed by atoms with E-state index in [2.05, 4.69) is 12.2 Å². The number of anilines is 1. The average Bonchev–Trinajstić information content (AvgIpc) is 2.83. The van der Waals surface area contributed by atoms with Gasteiger partial charge in [-0.3, -0.25) is 9.36 Å². The molecular weight excluding hydrogens is 412 g/mol. The van der Waals surface area contributed by atoms with Crippen molar-refractivity contribution >= 4 is 22.6 Å². The highest BCUT2D eigenvalue weighted by Crippen LogP contribution is 2.23. The normalized spacial score (nSPS) is 11.9. The topological polar surface area (TPSA) is 67.2 Å². The van der Waals surface area contributed by atoms with Crippen molar-refractivity contribution in [3.63, 3.8) is 0 Å². The third-order valence-corrected chi connectivity index (χ3v) is 5.95. The van der Waals surface area contributed by atoms with Crippen molar-refractivity contribution < 1.29 is 4.79 Å². The number of rotatable bonds is 5. The van der Waals surface area contributed by atoms with Crippen molar-refractivity contribution in [2.24, 2.45) is 0 Å². The number of nitrogens with zero attached hydrogens (tertiary/aromatic N) is 3. The molecule has 1 aromatic heterocycles. The number of para-hydroxylation sites is 1. The summed E-state index contributed by atoms with van der Waals surface area (Å²) >= 11 is 0. The summed E-state index contributed by atoms with van der Waals surface area (Å²) in [6.45, 7) is 5.95. The number of hydrogen-bond acceptors (Lipinski definition) is 3. The average molecular weight is 441 g/mol. The number of benzene rings is 3. The van der Waals surface area contributed by atoms with E-state index in [0.29, 0.717) is 16.7 Å². The van der Waals surface area contributed by atoms with Crippen LogP contribution in [0.1, 0.15) is 36.8 Å². The van der Waals surface area contributed by atoms with Crippen LogP contribution in [-0.4, -0.2) is 27.5 Å². The molecule has 1 heterocycles. The SMILES string of the molecule is CCc1ccc(NC(=O)N(C)C(C)c2nc3ccccc3c(=O)n2-c2cccc(C)c2)cc1. The highest BCUT2D eigenvalue weighted by atomic mass is 16.2. The molecule has 0 fully saturated rings. The fourth-order valence-corrected chi connectivity index (χ4v) is 3.83. The summed E-state index contributed by atoms with van der Waals surface area (Å²) in [5, 5.41) is 3.48. The van der Waals surface area contributed by atoms with E-state index in [1.807, 2.05) is 80.6 Å². The van der Waals surface area contributed by atoms with Gasteiger partial charge in [-0.2, -0.15) is 0 Å². The van der Waals surface area contributed by atoms with Crippen LogP contribution in [0.2, 0.25) is 0 Å². The predicted molar refractivity (Wildman–Crippen MR) is 133 cm³/mol. The maximum absolute atomic E-state index is 13.5. The summed E-state index contributed by atoms with van der Waals surface area (Å²) in [5.74, 6) is 0.503. The van der Waals surface area contributed by atoms with Gasteiger partial charge in [-0.05, 0) is 67.8 Å². The molecule has 6 nitrogen and oxygen atoms in total. The van der Waals surface area contributed by atoms with Gasteiger partial charge >= 0.3 is 6.03 Å². The largest absolute Gasteiger partial charge is 0.322 e. The van der Waals surface area contributed by atoms with Crippen LogP contribution < -0.4 is 10.9 Å². The lowest BCUT2D eigenvalue weighted by Gasteiger charge is -2.27. The van der Waals surface area contributed by atoms with Crippen molar-refractivity contribution in [3.8, 4) is 5.69 Å². The Kier molecular flexibility index (Phi) is 6.27. The second-order valence-corrected chi connectivity index (χ2v) is 8.23. The predicted octanol–water partition coefficient (Wildman–Crippen LogP) is 5.48. The zero-order valence-electron chi connectivity index (χ0n) is 19.4. The molecular formula is C27H28N4O2. The first-order chi connectivity index (χ1) is 15.9. The van der Waals surface area contributed by atoms with Crippen LogP contribution in [0.3, 0.4) is 0 Å². The minimum Gasteiger partial charge on any atom is -0.318 e. The van der Waals surface area contributed by atoms with E-state index < -0.39 is 6.04 Å². The fourth-order valence-electron chi connectivity index (χ4n) is 3.83. The monoisotopic (exact) mass is 440 g/mol. The Bertz CT molecular complexity index is 1360. The van der Waals surface area contributed by atoms with E-state index in [4.69, 9.17) is 4.98 Å². The van der Waals surface area contributed by atoms with E-state index in [0.717, 1.165) is 23.4 Å². The van der Waals surface area contributed by atoms with Crippen molar-refractivity contribution in [2.45, 2.75) is 33.2 Å². The van der Waals surface area contributed by atoms with E-state index in [9.17, 15) is 9.59 Å². The molecule has 0 aliphatic carbocycles. The van der Waals surface area contributed by atoms with Gasteiger partial charge in [0.25, 0.3) is 5.56 Å². The van der Waals surface area contributed by atoms with Gasteiger partial charge in [-0.15, -0.1) is 0 Å². The first kappa shape index (κ1) is 22.3. The van der Waals surface area contributed by atoms with Crippen molar-refractivity contribution in [1.82, 2.24) is 14.5 Å². The number of amides is 2. The molecule has 0 aliphatic rings. The summed E-state index contributed by atoms with van der Waals surface area (Å²) in [7, 11) is 1.71. The molecule has 0 aliphatic heterocycles. The smallest absolute Gasteiger partial charge is 0.318 e. The van der Waals surface area contributed by atoms with E-state index >= 15 is 0 Å². The molecule has 3 aromatic carbocycles. The Labute approximate surface area is 193 Å². The zero-order chi connectivity index (χ0) is 23.5. The van der Waals surface area contributed by atoms with Crippen LogP contribution in [0, 0.1) is 6.92 Å². The first-order valence-corrected chi connectivity index (χ1v) is 11.1. The number of carbonyl (C=O) groups excluding carboxylic acids is 1. The summed E-state index contributed by atoms with van der Waals surface area (Å²) in [5.41, 5.74) is 4.14. The van der Waals surface area contributed by atoms with Gasteiger partial charge in [0.2, 0.25) is 0 Å². The molecule has 2 amide bonds. The number of urea groups is 1. The molecule has 0 saturated carbocycles. The van der Waals surface area contributed by atoms with Gasteiger partial charge in [0.05, 0.1) is 22.6 Å². The quantitative estimate of drug-likeness (QED) is 0.447. The standard InChI is InChI=1S/C27H28N4O2/c1-5-20-13-15-21(16-14-20)28-27(33)30(4)19(3)25-29-24-12-7-6-11-23(24)26(32)31(25)22-10-8-9-18(2)17-22/h6-17,19H,5H2,1-4H3,(H,28,33). The highest BCUT2D eigenvalue weighted by molar-refractivity contribution is 5.89. The number of hydrogen-bond donors (Lipinski definition) is 1. The highest BCUT2D eigenvalue weighted by Gasteiger charge is 2.24. The molecule has 0 spiro atoms. The number of carbonyl (C=O) groups is 1. The lowest BCUT2D eigenvalue weighted by Crippen LogP contribution is -2.37. The molecule has 0 radical (unpaired) electrons. The van der Waals surface area contributed by atoms with Gasteiger partial charge in [-0.1, -0.05) is 43.3 Å². The van der Waals surface area contributed by atoms with Crippen LogP contribution in [0.4, 0.5) is 10.5 Å². The molecule has 33 heavy (non-hydrogen) atoms. The van der Waals surface area contributed by atoms with Crippen LogP contribution in [0.25, 0.3) is 16.6 Å². The first-order valence-electron chi connectivity index (χ1n) is 11.1. The summed E-state index contributed by atoms with van der Waals surface area (Å²) < 4.78 is 1.61. The molecule has 0 saturated heterocycles. The Morgan fingerprint density at radius 2 is 1.79 bits per heavy atom. The molecule has 1 atom stereocenters. The third kappa shape index (κ3) is 4.51. The lowest BCUT2D eigenvalue weighted by molar-refractivity contribution is 0.205. The Morgan fingerprint density at radius 3 is 2.48 bits per heavy atom. The van der Waals surface area contributed by atoms with Gasteiger partial charge in [0.15, 0.2) is 0 Å². The molecule has 0 bridgehead atoms. The number of fused-ring (bicyclic) bond motifs is 1. The van der Waals surface area contributed by atoms with Crippen molar-refractivity contribution in [2.75, 3.05) is 12.4 Å². The molecule has 1 unspecified atom stereocenters. The van der Waals surface area contributed by atoms with Crippen LogP contribution in [-0.2, 0) is 6.42 Å². The van der Waals surface area contributed by atoms with Gasteiger partial charge in [0, 0.05) is 12.7 Å². The van der Waals surface area contributed by atoms with Crippen molar-refractivity contribution in [3.05, 3.63) is 100 Å². The fraction of sp³-hybridized carbons (Fsp3) is 0.222. The van der Waals surface area contributed by atoms with Gasteiger partial charge in [-0.25, -0.2) is 9.78 Å². The number of nitrogens with one attached hydrogen (secondary N) is 1. The minimum absolute atomic E-state index is 0.156. The van der Waals surface area contributed by atoms with E-state index in [1.165, 1.54) is 5.56 Å². The van der Waals surface area contributed by atoms with Gasteiger partial charge in [0.1, 0.15) is 5.82 Å². The van der Waals surface area contributed by atoms with E-state index in [-0.39, 0.29) is 11.6 Å². The molecule has 4 aromatic rings. The lowest BCUT2D eigenvalue weighted by atomic mass is 10.1. The maximum Gasteiger partial charge on any atom is 0.322 e. The molecule has 1 N–H and O–H groups in total. The zero-order valence-corrected chi connectivity index (χ0v) is 19.4. The van der Waals surface area contributed by atoms with Crippen LogP contribution in [0.15, 0.2) is 77.6 Å². The second kappa shape index (κ2) is 9.28. The molecule has 6 heteroatoms. The number of aromatic nitrogens is 2. The van der Waals surface area contributed by atoms with E-state index in [1.54, 1.807) is 22.6 Å². The molecule has 4 rings (SSSR count).